The van der Waals surface area contributed by atoms with Gasteiger partial charge in [-0.3, -0.25) is 0 Å². The Labute approximate surface area is 111 Å². The molecule has 2 rings (SSSR count). The van der Waals surface area contributed by atoms with Gasteiger partial charge in [0, 0.05) is 19.5 Å². The molecule has 98 valence electrons. The van der Waals surface area contributed by atoms with Crippen LogP contribution in [0.3, 0.4) is 0 Å². The molecule has 0 aliphatic heterocycles. The molecular formula is C13H14N4O2. The van der Waals surface area contributed by atoms with Crippen LogP contribution in [-0.2, 0) is 13.0 Å². The van der Waals surface area contributed by atoms with Gasteiger partial charge in [-0.15, -0.1) is 0 Å². The Kier molecular flexibility index (Phi) is 4.48. The van der Waals surface area contributed by atoms with E-state index in [0.29, 0.717) is 30.2 Å². The minimum absolute atomic E-state index is 0.539. The molecular weight excluding hydrogens is 244 g/mol. The van der Waals surface area contributed by atoms with Crippen LogP contribution in [0.1, 0.15) is 17.0 Å². The quantitative estimate of drug-likeness (QED) is 0.786. The molecule has 0 spiro atoms. The molecule has 0 bridgehead atoms. The van der Waals surface area contributed by atoms with Gasteiger partial charge in [0.05, 0.1) is 12.7 Å². The third-order valence-corrected chi connectivity index (χ3v) is 2.64. The van der Waals surface area contributed by atoms with Gasteiger partial charge < -0.3 is 14.6 Å². The van der Waals surface area contributed by atoms with E-state index in [4.69, 9.17) is 14.5 Å². The van der Waals surface area contributed by atoms with E-state index in [9.17, 15) is 0 Å². The number of benzene rings is 1. The van der Waals surface area contributed by atoms with Crippen molar-refractivity contribution in [3.05, 3.63) is 41.5 Å². The molecule has 0 saturated carbocycles. The zero-order valence-electron chi connectivity index (χ0n) is 10.6. The number of nitriles is 1. The minimum atomic E-state index is 0.539. The van der Waals surface area contributed by atoms with Crippen LogP contribution in [0.4, 0.5) is 0 Å². The molecule has 1 aromatic heterocycles. The maximum atomic E-state index is 8.89. The summed E-state index contributed by atoms with van der Waals surface area (Å²) in [6, 6.07) is 7.61. The molecule has 2 aromatic rings. The first-order valence-corrected chi connectivity index (χ1v) is 5.86. The maximum Gasteiger partial charge on any atom is 0.227 e. The van der Waals surface area contributed by atoms with E-state index < -0.39 is 0 Å². The van der Waals surface area contributed by atoms with E-state index >= 15 is 0 Å². The van der Waals surface area contributed by atoms with Gasteiger partial charge in [-0.2, -0.15) is 10.2 Å². The fourth-order valence-electron chi connectivity index (χ4n) is 1.67. The molecule has 0 aliphatic rings. The third kappa shape index (κ3) is 3.53. The summed E-state index contributed by atoms with van der Waals surface area (Å²) in [5, 5.41) is 15.7. The normalized spacial score (nSPS) is 10.1. The summed E-state index contributed by atoms with van der Waals surface area (Å²) < 4.78 is 10.1. The van der Waals surface area contributed by atoms with Crippen LogP contribution in [-0.4, -0.2) is 23.8 Å². The number of hydrogen-bond acceptors (Lipinski definition) is 6. The molecule has 0 unspecified atom stereocenters. The SMILES string of the molecule is COc1cc(CNCCc2ncno2)ccc1C#N. The number of nitrogens with one attached hydrogen (secondary N) is 1. The molecule has 0 saturated heterocycles. The van der Waals surface area contributed by atoms with Crippen LogP contribution in [0.25, 0.3) is 0 Å². The van der Waals surface area contributed by atoms with Crippen molar-refractivity contribution in [2.75, 3.05) is 13.7 Å². The molecule has 0 amide bonds. The van der Waals surface area contributed by atoms with Gasteiger partial charge in [0.15, 0.2) is 6.33 Å². The summed E-state index contributed by atoms with van der Waals surface area (Å²) in [5.41, 5.74) is 1.60. The second kappa shape index (κ2) is 6.52. The van der Waals surface area contributed by atoms with Gasteiger partial charge in [-0.25, -0.2) is 0 Å². The average molecular weight is 258 g/mol. The summed E-state index contributed by atoms with van der Waals surface area (Å²) in [4.78, 5) is 3.94. The van der Waals surface area contributed by atoms with Crippen molar-refractivity contribution in [1.29, 1.82) is 5.26 Å². The first-order chi connectivity index (χ1) is 9.33. The summed E-state index contributed by atoms with van der Waals surface area (Å²) in [6.45, 7) is 1.43. The van der Waals surface area contributed by atoms with E-state index in [-0.39, 0.29) is 0 Å². The Bertz CT molecular complexity index is 561. The molecule has 0 aliphatic carbocycles. The van der Waals surface area contributed by atoms with Crippen molar-refractivity contribution in [2.24, 2.45) is 0 Å². The van der Waals surface area contributed by atoms with Crippen molar-refractivity contribution < 1.29 is 9.26 Å². The van der Waals surface area contributed by atoms with Crippen LogP contribution >= 0.6 is 0 Å². The van der Waals surface area contributed by atoms with E-state index in [1.165, 1.54) is 6.33 Å². The number of nitrogens with zero attached hydrogens (tertiary/aromatic N) is 3. The fraction of sp³-hybridized carbons (Fsp3) is 0.308. The van der Waals surface area contributed by atoms with E-state index in [2.05, 4.69) is 21.5 Å². The molecule has 1 aromatic carbocycles. The number of aromatic nitrogens is 2. The van der Waals surface area contributed by atoms with Crippen LogP contribution in [0.15, 0.2) is 29.0 Å². The maximum absolute atomic E-state index is 8.89. The predicted octanol–water partition coefficient (Wildman–Crippen LogP) is 1.28. The molecule has 1 N–H and O–H groups in total. The average Bonchev–Trinajstić information content (AvgIpc) is 2.96. The van der Waals surface area contributed by atoms with Gasteiger partial charge in [-0.1, -0.05) is 11.2 Å². The zero-order chi connectivity index (χ0) is 13.5. The number of methoxy groups -OCH3 is 1. The molecule has 0 radical (unpaired) electrons. The molecule has 6 nitrogen and oxygen atoms in total. The highest BCUT2D eigenvalue weighted by Crippen LogP contribution is 2.18. The topological polar surface area (TPSA) is 84.0 Å². The lowest BCUT2D eigenvalue weighted by molar-refractivity contribution is 0.375. The number of rotatable bonds is 6. The largest absolute Gasteiger partial charge is 0.495 e. The van der Waals surface area contributed by atoms with Gasteiger partial charge in [0.2, 0.25) is 5.89 Å². The third-order valence-electron chi connectivity index (χ3n) is 2.64. The lowest BCUT2D eigenvalue weighted by atomic mass is 10.1. The lowest BCUT2D eigenvalue weighted by Crippen LogP contribution is -2.16. The van der Waals surface area contributed by atoms with Gasteiger partial charge in [0.25, 0.3) is 0 Å². The minimum Gasteiger partial charge on any atom is -0.495 e. The van der Waals surface area contributed by atoms with E-state index in [0.717, 1.165) is 12.1 Å². The predicted molar refractivity (Wildman–Crippen MR) is 67.4 cm³/mol. The first kappa shape index (κ1) is 13.1. The number of ether oxygens (including phenoxy) is 1. The van der Waals surface area contributed by atoms with Gasteiger partial charge in [-0.05, 0) is 17.7 Å². The van der Waals surface area contributed by atoms with E-state index in [1.54, 1.807) is 13.2 Å². The molecule has 0 atom stereocenters. The first-order valence-electron chi connectivity index (χ1n) is 5.86. The summed E-state index contributed by atoms with van der Waals surface area (Å²) in [6.07, 6.45) is 2.08. The van der Waals surface area contributed by atoms with Crippen LogP contribution < -0.4 is 10.1 Å². The standard InChI is InChI=1S/C13H14N4O2/c1-18-12-6-10(2-3-11(12)7-14)8-15-5-4-13-16-9-17-19-13/h2-3,6,9,15H,4-5,8H2,1H3. The molecule has 0 fully saturated rings. The van der Waals surface area contributed by atoms with Gasteiger partial charge in [0.1, 0.15) is 11.8 Å². The van der Waals surface area contributed by atoms with Crippen molar-refractivity contribution in [3.8, 4) is 11.8 Å². The monoisotopic (exact) mass is 258 g/mol. The fourth-order valence-corrected chi connectivity index (χ4v) is 1.67. The van der Waals surface area contributed by atoms with Crippen molar-refractivity contribution in [3.63, 3.8) is 0 Å². The summed E-state index contributed by atoms with van der Waals surface area (Å²) >= 11 is 0. The second-order valence-electron chi connectivity index (χ2n) is 3.91. The van der Waals surface area contributed by atoms with Crippen LogP contribution in [0.5, 0.6) is 5.75 Å². The number of hydrogen-bond donors (Lipinski definition) is 1. The summed E-state index contributed by atoms with van der Waals surface area (Å²) in [7, 11) is 1.56. The zero-order valence-corrected chi connectivity index (χ0v) is 10.6. The van der Waals surface area contributed by atoms with Gasteiger partial charge >= 0.3 is 0 Å². The highest BCUT2D eigenvalue weighted by Gasteiger charge is 2.04. The Morgan fingerprint density at radius 1 is 1.47 bits per heavy atom. The Morgan fingerprint density at radius 3 is 3.05 bits per heavy atom. The van der Waals surface area contributed by atoms with Crippen molar-refractivity contribution >= 4 is 0 Å². The Hall–Kier alpha value is -2.39. The highest BCUT2D eigenvalue weighted by atomic mass is 16.5. The van der Waals surface area contributed by atoms with Crippen molar-refractivity contribution in [2.45, 2.75) is 13.0 Å². The van der Waals surface area contributed by atoms with Crippen LogP contribution in [0.2, 0.25) is 0 Å². The Morgan fingerprint density at radius 2 is 2.37 bits per heavy atom. The smallest absolute Gasteiger partial charge is 0.227 e. The van der Waals surface area contributed by atoms with Crippen molar-refractivity contribution in [1.82, 2.24) is 15.5 Å². The summed E-state index contributed by atoms with van der Waals surface area (Å²) in [5.74, 6) is 1.21. The van der Waals surface area contributed by atoms with Crippen LogP contribution in [0, 0.1) is 11.3 Å². The second-order valence-corrected chi connectivity index (χ2v) is 3.91. The molecule has 1 heterocycles. The molecule has 19 heavy (non-hydrogen) atoms. The Balaban J connectivity index is 1.84. The lowest BCUT2D eigenvalue weighted by Gasteiger charge is -2.07. The molecule has 6 heteroatoms. The van der Waals surface area contributed by atoms with E-state index in [1.807, 2.05) is 12.1 Å². The highest BCUT2D eigenvalue weighted by molar-refractivity contribution is 5.45.